The fraction of sp³-hybridized carbons (Fsp3) is 0.533. The summed E-state index contributed by atoms with van der Waals surface area (Å²) in [6, 6.07) is 8.11. The molecule has 1 N–H and O–H groups in total. The van der Waals surface area contributed by atoms with E-state index in [0.717, 1.165) is 36.2 Å². The topological polar surface area (TPSA) is 42.4 Å². The highest BCUT2D eigenvalue weighted by Gasteiger charge is 2.41. The summed E-state index contributed by atoms with van der Waals surface area (Å²) in [6.07, 6.45) is 4.33. The summed E-state index contributed by atoms with van der Waals surface area (Å²) in [5, 5.41) is 11.5. The molecule has 102 valence electrons. The SMILES string of the molecule is COC1(C(O)Cc2nc3ccccc3s2)CCCC1. The Morgan fingerprint density at radius 2 is 2.11 bits per heavy atom. The van der Waals surface area contributed by atoms with Crippen molar-refractivity contribution in [3.05, 3.63) is 29.3 Å². The molecule has 1 atom stereocenters. The van der Waals surface area contributed by atoms with Crippen molar-refractivity contribution in [3.8, 4) is 0 Å². The molecule has 1 aromatic heterocycles. The van der Waals surface area contributed by atoms with Crippen molar-refractivity contribution in [1.82, 2.24) is 4.98 Å². The number of rotatable bonds is 4. The molecular weight excluding hydrogens is 258 g/mol. The third-order valence-electron chi connectivity index (χ3n) is 4.17. The van der Waals surface area contributed by atoms with Crippen LogP contribution in [0, 0.1) is 0 Å². The zero-order valence-electron chi connectivity index (χ0n) is 11.1. The standard InChI is InChI=1S/C15H19NO2S/c1-18-15(8-4-5-9-15)13(17)10-14-16-11-6-2-3-7-12(11)19-14/h2-3,6-7,13,17H,4-5,8-10H2,1H3. The Labute approximate surface area is 117 Å². The first-order valence-corrected chi connectivity index (χ1v) is 7.63. The number of methoxy groups -OCH3 is 1. The molecule has 3 rings (SSSR count). The number of nitrogens with zero attached hydrogens (tertiary/aromatic N) is 1. The smallest absolute Gasteiger partial charge is 0.0965 e. The van der Waals surface area contributed by atoms with Crippen molar-refractivity contribution in [2.45, 2.75) is 43.8 Å². The van der Waals surface area contributed by atoms with Crippen LogP contribution in [-0.4, -0.2) is 28.9 Å². The largest absolute Gasteiger partial charge is 0.390 e. The van der Waals surface area contributed by atoms with Crippen LogP contribution in [0.15, 0.2) is 24.3 Å². The van der Waals surface area contributed by atoms with Gasteiger partial charge in [-0.2, -0.15) is 0 Å². The second-order valence-corrected chi connectivity index (χ2v) is 6.39. The van der Waals surface area contributed by atoms with E-state index >= 15 is 0 Å². The van der Waals surface area contributed by atoms with Crippen LogP contribution in [0.2, 0.25) is 0 Å². The summed E-state index contributed by atoms with van der Waals surface area (Å²) < 4.78 is 6.82. The summed E-state index contributed by atoms with van der Waals surface area (Å²) >= 11 is 1.67. The summed E-state index contributed by atoms with van der Waals surface area (Å²) in [5.74, 6) is 0. The Bertz CT molecular complexity index is 527. The number of aliphatic hydroxyl groups is 1. The average molecular weight is 277 g/mol. The van der Waals surface area contributed by atoms with Gasteiger partial charge in [-0.1, -0.05) is 25.0 Å². The number of hydrogen-bond acceptors (Lipinski definition) is 4. The van der Waals surface area contributed by atoms with Gasteiger partial charge in [-0.05, 0) is 25.0 Å². The third-order valence-corrected chi connectivity index (χ3v) is 5.23. The van der Waals surface area contributed by atoms with Crippen LogP contribution >= 0.6 is 11.3 Å². The molecule has 1 heterocycles. The van der Waals surface area contributed by atoms with Crippen molar-refractivity contribution in [2.24, 2.45) is 0 Å². The van der Waals surface area contributed by atoms with Crippen LogP contribution in [0.4, 0.5) is 0 Å². The van der Waals surface area contributed by atoms with Crippen molar-refractivity contribution in [1.29, 1.82) is 0 Å². The molecular formula is C15H19NO2S. The molecule has 1 saturated carbocycles. The number of para-hydroxylation sites is 1. The Balaban J connectivity index is 1.80. The van der Waals surface area contributed by atoms with Crippen molar-refractivity contribution >= 4 is 21.6 Å². The van der Waals surface area contributed by atoms with Crippen LogP contribution in [0.1, 0.15) is 30.7 Å². The maximum Gasteiger partial charge on any atom is 0.0965 e. The molecule has 1 aromatic carbocycles. The maximum atomic E-state index is 10.5. The average Bonchev–Trinajstić information content (AvgIpc) is 3.05. The Morgan fingerprint density at radius 1 is 1.37 bits per heavy atom. The summed E-state index contributed by atoms with van der Waals surface area (Å²) in [4.78, 5) is 4.59. The normalized spacial score (nSPS) is 19.9. The Morgan fingerprint density at radius 3 is 2.79 bits per heavy atom. The molecule has 19 heavy (non-hydrogen) atoms. The predicted octanol–water partition coefficient (Wildman–Crippen LogP) is 3.16. The van der Waals surface area contributed by atoms with E-state index in [9.17, 15) is 5.11 Å². The molecule has 0 bridgehead atoms. The van der Waals surface area contributed by atoms with Crippen molar-refractivity contribution in [2.75, 3.05) is 7.11 Å². The van der Waals surface area contributed by atoms with Gasteiger partial charge in [-0.3, -0.25) is 0 Å². The number of ether oxygens (including phenoxy) is 1. The molecule has 3 nitrogen and oxygen atoms in total. The molecule has 0 radical (unpaired) electrons. The van der Waals surface area contributed by atoms with E-state index in [2.05, 4.69) is 11.1 Å². The lowest BCUT2D eigenvalue weighted by atomic mass is 9.92. The maximum absolute atomic E-state index is 10.5. The minimum atomic E-state index is -0.458. The van der Waals surface area contributed by atoms with Gasteiger partial charge in [0.2, 0.25) is 0 Å². The number of aliphatic hydroxyl groups excluding tert-OH is 1. The highest BCUT2D eigenvalue weighted by molar-refractivity contribution is 7.18. The second kappa shape index (κ2) is 5.19. The predicted molar refractivity (Wildman–Crippen MR) is 77.5 cm³/mol. The van der Waals surface area contributed by atoms with E-state index in [4.69, 9.17) is 4.74 Å². The van der Waals surface area contributed by atoms with Gasteiger partial charge >= 0.3 is 0 Å². The minimum Gasteiger partial charge on any atom is -0.390 e. The second-order valence-electron chi connectivity index (χ2n) is 5.27. The molecule has 1 fully saturated rings. The lowest BCUT2D eigenvalue weighted by Crippen LogP contribution is -2.42. The Kier molecular flexibility index (Phi) is 3.56. The van der Waals surface area contributed by atoms with Gasteiger partial charge in [0.05, 0.1) is 26.9 Å². The molecule has 0 saturated heterocycles. The highest BCUT2D eigenvalue weighted by Crippen LogP contribution is 2.37. The molecule has 0 aliphatic heterocycles. The summed E-state index contributed by atoms with van der Waals surface area (Å²) in [6.45, 7) is 0. The van der Waals surface area contributed by atoms with E-state index in [0.29, 0.717) is 6.42 Å². The first-order valence-electron chi connectivity index (χ1n) is 6.81. The molecule has 1 aliphatic rings. The van der Waals surface area contributed by atoms with Crippen LogP contribution in [-0.2, 0) is 11.2 Å². The van der Waals surface area contributed by atoms with E-state index in [1.54, 1.807) is 18.4 Å². The van der Waals surface area contributed by atoms with E-state index in [-0.39, 0.29) is 5.60 Å². The number of fused-ring (bicyclic) bond motifs is 1. The van der Waals surface area contributed by atoms with Gasteiger partial charge in [0, 0.05) is 13.5 Å². The monoisotopic (exact) mass is 277 g/mol. The minimum absolute atomic E-state index is 0.349. The molecule has 0 spiro atoms. The van der Waals surface area contributed by atoms with Gasteiger partial charge < -0.3 is 9.84 Å². The lowest BCUT2D eigenvalue weighted by molar-refractivity contribution is -0.0971. The zero-order valence-corrected chi connectivity index (χ0v) is 11.9. The van der Waals surface area contributed by atoms with E-state index in [1.165, 1.54) is 4.70 Å². The number of thiazole rings is 1. The Hall–Kier alpha value is -0.970. The first kappa shape index (κ1) is 13.0. The molecule has 1 unspecified atom stereocenters. The van der Waals surface area contributed by atoms with Gasteiger partial charge in [-0.25, -0.2) is 4.98 Å². The van der Waals surface area contributed by atoms with Gasteiger partial charge in [0.1, 0.15) is 0 Å². The van der Waals surface area contributed by atoms with Gasteiger partial charge in [0.25, 0.3) is 0 Å². The number of benzene rings is 1. The number of aromatic nitrogens is 1. The van der Waals surface area contributed by atoms with Gasteiger partial charge in [-0.15, -0.1) is 11.3 Å². The zero-order chi connectivity index (χ0) is 13.3. The van der Waals surface area contributed by atoms with Crippen molar-refractivity contribution in [3.63, 3.8) is 0 Å². The van der Waals surface area contributed by atoms with Crippen LogP contribution in [0.25, 0.3) is 10.2 Å². The highest BCUT2D eigenvalue weighted by atomic mass is 32.1. The quantitative estimate of drug-likeness (QED) is 0.933. The van der Waals surface area contributed by atoms with Crippen LogP contribution in [0.3, 0.4) is 0 Å². The van der Waals surface area contributed by atoms with Gasteiger partial charge in [0.15, 0.2) is 0 Å². The fourth-order valence-electron chi connectivity index (χ4n) is 3.01. The van der Waals surface area contributed by atoms with E-state index in [1.807, 2.05) is 18.2 Å². The van der Waals surface area contributed by atoms with Crippen LogP contribution in [0.5, 0.6) is 0 Å². The molecule has 4 heteroatoms. The first-order chi connectivity index (χ1) is 9.23. The molecule has 2 aromatic rings. The summed E-state index contributed by atoms with van der Waals surface area (Å²) in [7, 11) is 1.72. The van der Waals surface area contributed by atoms with Crippen molar-refractivity contribution < 1.29 is 9.84 Å². The van der Waals surface area contributed by atoms with E-state index < -0.39 is 6.10 Å². The van der Waals surface area contributed by atoms with Crippen LogP contribution < -0.4 is 0 Å². The molecule has 0 amide bonds. The fourth-order valence-corrected chi connectivity index (χ4v) is 4.01. The molecule has 1 aliphatic carbocycles. The summed E-state index contributed by atoms with van der Waals surface area (Å²) in [5.41, 5.74) is 0.672. The number of hydrogen-bond donors (Lipinski definition) is 1. The third kappa shape index (κ3) is 2.40. The lowest BCUT2D eigenvalue weighted by Gasteiger charge is -2.32.